The monoisotopic (exact) mass is 332 g/mol. The number of hydrogen-bond donors (Lipinski definition) is 0. The van der Waals surface area contributed by atoms with Gasteiger partial charge in [0.1, 0.15) is 11.5 Å². The molecule has 1 fully saturated rings. The first kappa shape index (κ1) is 15.9. The standard InChI is InChI=1S/C16H20N4O2S/c1-12-3-8-23-14(12)11-19(2)15-10-17-9-13(18-15)16(21)20-4-6-22-7-5-20/h3,8-10H,4-7,11H2,1-2H3. The van der Waals surface area contributed by atoms with E-state index in [9.17, 15) is 4.79 Å². The molecule has 7 heteroatoms. The highest BCUT2D eigenvalue weighted by atomic mass is 32.1. The predicted molar refractivity (Wildman–Crippen MR) is 89.9 cm³/mol. The van der Waals surface area contributed by atoms with Crippen molar-refractivity contribution in [3.05, 3.63) is 40.0 Å². The van der Waals surface area contributed by atoms with Gasteiger partial charge < -0.3 is 14.5 Å². The minimum absolute atomic E-state index is 0.0802. The van der Waals surface area contributed by atoms with Gasteiger partial charge in [-0.15, -0.1) is 11.3 Å². The molecular weight excluding hydrogens is 312 g/mol. The maximum absolute atomic E-state index is 12.5. The van der Waals surface area contributed by atoms with Gasteiger partial charge in [0.05, 0.1) is 32.2 Å². The van der Waals surface area contributed by atoms with Gasteiger partial charge in [-0.05, 0) is 23.9 Å². The average Bonchev–Trinajstić information content (AvgIpc) is 3.00. The number of morpholine rings is 1. The molecule has 122 valence electrons. The third kappa shape index (κ3) is 3.68. The maximum atomic E-state index is 12.5. The summed E-state index contributed by atoms with van der Waals surface area (Å²) in [5.41, 5.74) is 1.66. The quantitative estimate of drug-likeness (QED) is 0.856. The molecule has 2 aromatic rings. The van der Waals surface area contributed by atoms with Crippen LogP contribution in [0.15, 0.2) is 23.8 Å². The van der Waals surface area contributed by atoms with Gasteiger partial charge in [-0.2, -0.15) is 0 Å². The zero-order valence-electron chi connectivity index (χ0n) is 13.4. The number of ether oxygens (including phenoxy) is 1. The number of aryl methyl sites for hydroxylation is 1. The van der Waals surface area contributed by atoms with E-state index in [2.05, 4.69) is 28.3 Å². The largest absolute Gasteiger partial charge is 0.378 e. The van der Waals surface area contributed by atoms with Gasteiger partial charge in [0, 0.05) is 25.0 Å². The smallest absolute Gasteiger partial charge is 0.274 e. The van der Waals surface area contributed by atoms with Crippen LogP contribution in [0.2, 0.25) is 0 Å². The third-order valence-electron chi connectivity index (χ3n) is 3.88. The lowest BCUT2D eigenvalue weighted by molar-refractivity contribution is 0.0299. The van der Waals surface area contributed by atoms with Crippen LogP contribution in [-0.2, 0) is 11.3 Å². The Morgan fingerprint density at radius 1 is 1.39 bits per heavy atom. The van der Waals surface area contributed by atoms with Crippen molar-refractivity contribution in [2.75, 3.05) is 38.3 Å². The van der Waals surface area contributed by atoms with Crippen LogP contribution < -0.4 is 4.90 Å². The summed E-state index contributed by atoms with van der Waals surface area (Å²) in [5, 5.41) is 2.09. The fraction of sp³-hybridized carbons (Fsp3) is 0.438. The van der Waals surface area contributed by atoms with Gasteiger partial charge in [0.25, 0.3) is 5.91 Å². The molecule has 0 N–H and O–H groups in total. The van der Waals surface area contributed by atoms with E-state index < -0.39 is 0 Å². The van der Waals surface area contributed by atoms with E-state index >= 15 is 0 Å². The molecule has 6 nitrogen and oxygen atoms in total. The van der Waals surface area contributed by atoms with Crippen molar-refractivity contribution in [1.29, 1.82) is 0 Å². The first-order chi connectivity index (χ1) is 11.1. The molecular formula is C16H20N4O2S. The van der Waals surface area contributed by atoms with Crippen molar-refractivity contribution < 1.29 is 9.53 Å². The van der Waals surface area contributed by atoms with Crippen molar-refractivity contribution in [2.45, 2.75) is 13.5 Å². The highest BCUT2D eigenvalue weighted by molar-refractivity contribution is 7.10. The molecule has 2 aromatic heterocycles. The van der Waals surface area contributed by atoms with Gasteiger partial charge in [-0.3, -0.25) is 9.78 Å². The molecule has 3 heterocycles. The van der Waals surface area contributed by atoms with Gasteiger partial charge in [-0.25, -0.2) is 4.98 Å². The number of rotatable bonds is 4. The number of anilines is 1. The summed E-state index contributed by atoms with van der Waals surface area (Å²) >= 11 is 1.73. The Bertz CT molecular complexity index is 682. The molecule has 23 heavy (non-hydrogen) atoms. The first-order valence-corrected chi connectivity index (χ1v) is 8.46. The average molecular weight is 332 g/mol. The molecule has 3 rings (SSSR count). The maximum Gasteiger partial charge on any atom is 0.274 e. The zero-order chi connectivity index (χ0) is 16.2. The summed E-state index contributed by atoms with van der Waals surface area (Å²) in [5.74, 6) is 0.625. The van der Waals surface area contributed by atoms with Crippen molar-refractivity contribution in [3.8, 4) is 0 Å². The Morgan fingerprint density at radius 2 is 2.17 bits per heavy atom. The van der Waals surface area contributed by atoms with Gasteiger partial charge in [0.2, 0.25) is 0 Å². The molecule has 0 unspecified atom stereocenters. The van der Waals surface area contributed by atoms with E-state index in [1.807, 2.05) is 11.9 Å². The van der Waals surface area contributed by atoms with E-state index in [4.69, 9.17) is 4.74 Å². The number of nitrogens with zero attached hydrogens (tertiary/aromatic N) is 4. The molecule has 0 aliphatic carbocycles. The number of thiophene rings is 1. The molecule has 0 atom stereocenters. The van der Waals surface area contributed by atoms with E-state index in [1.165, 1.54) is 16.6 Å². The summed E-state index contributed by atoms with van der Waals surface area (Å²) in [7, 11) is 1.96. The summed E-state index contributed by atoms with van der Waals surface area (Å²) in [6.07, 6.45) is 3.23. The number of aromatic nitrogens is 2. The van der Waals surface area contributed by atoms with E-state index in [1.54, 1.807) is 22.4 Å². The van der Waals surface area contributed by atoms with E-state index in [0.29, 0.717) is 37.8 Å². The first-order valence-electron chi connectivity index (χ1n) is 7.58. The van der Waals surface area contributed by atoms with Crippen molar-refractivity contribution in [2.24, 2.45) is 0 Å². The van der Waals surface area contributed by atoms with Crippen molar-refractivity contribution in [3.63, 3.8) is 0 Å². The minimum atomic E-state index is -0.0802. The third-order valence-corrected chi connectivity index (χ3v) is 4.89. The molecule has 0 spiro atoms. The fourth-order valence-corrected chi connectivity index (χ4v) is 3.39. The van der Waals surface area contributed by atoms with Crippen LogP contribution in [0.1, 0.15) is 20.9 Å². The SMILES string of the molecule is Cc1ccsc1CN(C)c1cncc(C(=O)N2CCOCC2)n1. The highest BCUT2D eigenvalue weighted by Crippen LogP contribution is 2.20. The van der Waals surface area contributed by atoms with Crippen LogP contribution in [0.3, 0.4) is 0 Å². The zero-order valence-corrected chi connectivity index (χ0v) is 14.2. The van der Waals surface area contributed by atoms with Crippen LogP contribution >= 0.6 is 11.3 Å². The summed E-state index contributed by atoms with van der Waals surface area (Å²) in [6.45, 7) is 5.23. The lowest BCUT2D eigenvalue weighted by Gasteiger charge is -2.26. The van der Waals surface area contributed by atoms with Crippen molar-refractivity contribution in [1.82, 2.24) is 14.9 Å². The Labute approximate surface area is 139 Å². The number of hydrogen-bond acceptors (Lipinski definition) is 6. The Hall–Kier alpha value is -1.99. The Morgan fingerprint density at radius 3 is 2.87 bits per heavy atom. The van der Waals surface area contributed by atoms with Crippen molar-refractivity contribution >= 4 is 23.1 Å². The van der Waals surface area contributed by atoms with Crippen LogP contribution in [0.5, 0.6) is 0 Å². The van der Waals surface area contributed by atoms with Crippen LogP contribution in [0.4, 0.5) is 5.82 Å². The predicted octanol–water partition coefficient (Wildman–Crippen LogP) is 1.96. The molecule has 1 saturated heterocycles. The second-order valence-corrected chi connectivity index (χ2v) is 6.55. The molecule has 0 bridgehead atoms. The topological polar surface area (TPSA) is 58.6 Å². The van der Waals surface area contributed by atoms with E-state index in [-0.39, 0.29) is 5.91 Å². The summed E-state index contributed by atoms with van der Waals surface area (Å²) in [4.78, 5) is 26.3. The molecule has 0 saturated carbocycles. The van der Waals surface area contributed by atoms with Crippen LogP contribution in [-0.4, -0.2) is 54.1 Å². The normalized spacial score (nSPS) is 14.8. The lowest BCUT2D eigenvalue weighted by atomic mass is 10.3. The molecule has 1 aliphatic heterocycles. The van der Waals surface area contributed by atoms with Gasteiger partial charge in [0.15, 0.2) is 0 Å². The Balaban J connectivity index is 1.73. The summed E-state index contributed by atoms with van der Waals surface area (Å²) in [6, 6.07) is 2.11. The van der Waals surface area contributed by atoms with Gasteiger partial charge >= 0.3 is 0 Å². The van der Waals surface area contributed by atoms with E-state index in [0.717, 1.165) is 6.54 Å². The highest BCUT2D eigenvalue weighted by Gasteiger charge is 2.20. The molecule has 0 aromatic carbocycles. The summed E-state index contributed by atoms with van der Waals surface area (Å²) < 4.78 is 5.28. The number of carbonyl (C=O) groups is 1. The second kappa shape index (κ2) is 7.06. The van der Waals surface area contributed by atoms with Gasteiger partial charge in [-0.1, -0.05) is 0 Å². The fourth-order valence-electron chi connectivity index (χ4n) is 2.43. The van der Waals surface area contributed by atoms with Crippen LogP contribution in [0, 0.1) is 6.92 Å². The molecule has 1 amide bonds. The number of carbonyl (C=O) groups excluding carboxylic acids is 1. The van der Waals surface area contributed by atoms with Crippen LogP contribution in [0.25, 0.3) is 0 Å². The Kier molecular flexibility index (Phi) is 4.88. The molecule has 0 radical (unpaired) electrons. The lowest BCUT2D eigenvalue weighted by Crippen LogP contribution is -2.41. The second-order valence-electron chi connectivity index (χ2n) is 5.55. The minimum Gasteiger partial charge on any atom is -0.378 e. The number of amides is 1. The molecule has 1 aliphatic rings.